The lowest BCUT2D eigenvalue weighted by Gasteiger charge is -2.53. The van der Waals surface area contributed by atoms with E-state index >= 15 is 0 Å². The van der Waals surface area contributed by atoms with E-state index in [1.807, 2.05) is 12.1 Å². The second-order valence-electron chi connectivity index (χ2n) is 9.06. The lowest BCUT2D eigenvalue weighted by atomic mass is 9.51. The molecule has 6 nitrogen and oxygen atoms in total. The maximum atomic E-state index is 13.1. The quantitative estimate of drug-likeness (QED) is 0.718. The Kier molecular flexibility index (Phi) is 3.61. The third-order valence-electron chi connectivity index (χ3n) is 7.28. The van der Waals surface area contributed by atoms with E-state index < -0.39 is 11.6 Å². The Morgan fingerprint density at radius 1 is 1.07 bits per heavy atom. The van der Waals surface area contributed by atoms with Crippen molar-refractivity contribution < 1.29 is 14.4 Å². The summed E-state index contributed by atoms with van der Waals surface area (Å²) < 4.78 is 0. The molecule has 4 bridgehead atoms. The first kappa shape index (κ1) is 16.8. The van der Waals surface area contributed by atoms with Crippen LogP contribution >= 0.6 is 0 Å². The lowest BCUT2D eigenvalue weighted by molar-refractivity contribution is -0.132. The summed E-state index contributed by atoms with van der Waals surface area (Å²) in [7, 11) is 0. The summed E-state index contributed by atoms with van der Waals surface area (Å²) in [4.78, 5) is 36.8. The van der Waals surface area contributed by atoms with Crippen molar-refractivity contribution >= 4 is 23.5 Å². The van der Waals surface area contributed by atoms with Crippen LogP contribution in [0.4, 0.5) is 10.5 Å². The van der Waals surface area contributed by atoms with Gasteiger partial charge >= 0.3 is 6.03 Å². The number of urea groups is 1. The molecular formula is C21H25N3O3. The lowest BCUT2D eigenvalue weighted by Crippen LogP contribution is -2.49. The summed E-state index contributed by atoms with van der Waals surface area (Å²) in [6.45, 7) is 1.67. The van der Waals surface area contributed by atoms with Gasteiger partial charge in [-0.15, -0.1) is 0 Å². The number of hydrogen-bond acceptors (Lipinski definition) is 3. The van der Waals surface area contributed by atoms with Crippen molar-refractivity contribution in [3.63, 3.8) is 0 Å². The van der Waals surface area contributed by atoms with Gasteiger partial charge in [-0.2, -0.15) is 0 Å². The first-order valence-electron chi connectivity index (χ1n) is 9.97. The molecule has 1 aromatic rings. The van der Waals surface area contributed by atoms with Crippen molar-refractivity contribution in [2.45, 2.75) is 44.6 Å². The Labute approximate surface area is 158 Å². The van der Waals surface area contributed by atoms with Crippen molar-refractivity contribution in [2.24, 2.45) is 29.6 Å². The fourth-order valence-corrected chi connectivity index (χ4v) is 6.23. The van der Waals surface area contributed by atoms with E-state index in [2.05, 4.69) is 16.0 Å². The SMILES string of the molecule is C[C@@]1(c2cccc(NC(=O)C3C4CC5CC(C4)CC3C5)c2)NC(=O)NC1=O. The van der Waals surface area contributed by atoms with Gasteiger partial charge in [0.1, 0.15) is 5.54 Å². The molecule has 6 heteroatoms. The molecule has 1 aliphatic heterocycles. The molecule has 1 heterocycles. The molecule has 4 aliphatic carbocycles. The summed E-state index contributed by atoms with van der Waals surface area (Å²) in [5.41, 5.74) is 0.232. The van der Waals surface area contributed by atoms with Gasteiger partial charge in [0.05, 0.1) is 0 Å². The van der Waals surface area contributed by atoms with Gasteiger partial charge in [-0.3, -0.25) is 14.9 Å². The fourth-order valence-electron chi connectivity index (χ4n) is 6.23. The highest BCUT2D eigenvalue weighted by Crippen LogP contribution is 2.56. The molecule has 4 saturated carbocycles. The Balaban J connectivity index is 1.35. The number of nitrogens with one attached hydrogen (secondary N) is 3. The second-order valence-corrected chi connectivity index (χ2v) is 9.06. The average Bonchev–Trinajstić information content (AvgIpc) is 2.87. The second kappa shape index (κ2) is 5.81. The van der Waals surface area contributed by atoms with E-state index in [1.54, 1.807) is 19.1 Å². The molecule has 0 radical (unpaired) electrons. The zero-order valence-electron chi connectivity index (χ0n) is 15.5. The van der Waals surface area contributed by atoms with Crippen LogP contribution < -0.4 is 16.0 Å². The van der Waals surface area contributed by atoms with Gasteiger partial charge in [0, 0.05) is 11.6 Å². The molecular weight excluding hydrogens is 342 g/mol. The highest BCUT2D eigenvalue weighted by atomic mass is 16.2. The molecule has 5 aliphatic rings. The van der Waals surface area contributed by atoms with Gasteiger partial charge < -0.3 is 10.6 Å². The minimum Gasteiger partial charge on any atom is -0.326 e. The number of hydrogen-bond donors (Lipinski definition) is 3. The predicted molar refractivity (Wildman–Crippen MR) is 99.6 cm³/mol. The van der Waals surface area contributed by atoms with Crippen LogP contribution in [0, 0.1) is 29.6 Å². The third kappa shape index (κ3) is 2.65. The highest BCUT2D eigenvalue weighted by molar-refractivity contribution is 6.07. The maximum Gasteiger partial charge on any atom is 0.322 e. The molecule has 0 spiro atoms. The van der Waals surface area contributed by atoms with Gasteiger partial charge in [-0.1, -0.05) is 12.1 Å². The summed E-state index contributed by atoms with van der Waals surface area (Å²) in [5, 5.41) is 8.04. The van der Waals surface area contributed by atoms with Crippen LogP contribution in [0.2, 0.25) is 0 Å². The molecule has 142 valence electrons. The summed E-state index contributed by atoms with van der Waals surface area (Å²) >= 11 is 0. The van der Waals surface area contributed by atoms with Crippen molar-refractivity contribution in [2.75, 3.05) is 5.32 Å². The fraction of sp³-hybridized carbons (Fsp3) is 0.571. The van der Waals surface area contributed by atoms with Crippen LogP contribution in [-0.4, -0.2) is 17.8 Å². The van der Waals surface area contributed by atoms with Crippen molar-refractivity contribution in [1.29, 1.82) is 0 Å². The largest absolute Gasteiger partial charge is 0.326 e. The summed E-state index contributed by atoms with van der Waals surface area (Å²) in [5.74, 6) is 2.59. The number of benzene rings is 1. The van der Waals surface area contributed by atoms with Crippen LogP contribution in [0.5, 0.6) is 0 Å². The molecule has 27 heavy (non-hydrogen) atoms. The number of carbonyl (C=O) groups is 3. The Hall–Kier alpha value is -2.37. The van der Waals surface area contributed by atoms with E-state index in [4.69, 9.17) is 0 Å². The van der Waals surface area contributed by atoms with E-state index in [-0.39, 0.29) is 17.7 Å². The molecule has 1 saturated heterocycles. The van der Waals surface area contributed by atoms with E-state index in [0.29, 0.717) is 23.1 Å². The number of anilines is 1. The average molecular weight is 367 g/mol. The molecule has 1 atom stereocenters. The monoisotopic (exact) mass is 367 g/mol. The maximum absolute atomic E-state index is 13.1. The minimum absolute atomic E-state index is 0.117. The first-order chi connectivity index (χ1) is 12.9. The number of imide groups is 1. The van der Waals surface area contributed by atoms with Gasteiger partial charge in [0.25, 0.3) is 5.91 Å². The highest BCUT2D eigenvalue weighted by Gasteiger charge is 2.50. The van der Waals surface area contributed by atoms with E-state index in [0.717, 1.165) is 11.8 Å². The van der Waals surface area contributed by atoms with Gasteiger partial charge in [0.2, 0.25) is 5.91 Å². The molecule has 6 rings (SSSR count). The minimum atomic E-state index is -1.11. The molecule has 0 unspecified atom stereocenters. The van der Waals surface area contributed by atoms with Crippen molar-refractivity contribution in [3.05, 3.63) is 29.8 Å². The van der Waals surface area contributed by atoms with Crippen molar-refractivity contribution in [1.82, 2.24) is 10.6 Å². The molecule has 4 amide bonds. The molecule has 1 aromatic carbocycles. The van der Waals surface area contributed by atoms with Crippen molar-refractivity contribution in [3.8, 4) is 0 Å². The molecule has 3 N–H and O–H groups in total. The number of amides is 4. The van der Waals surface area contributed by atoms with Gasteiger partial charge in [0.15, 0.2) is 0 Å². The van der Waals surface area contributed by atoms with Crippen LogP contribution in [0.25, 0.3) is 0 Å². The zero-order valence-corrected chi connectivity index (χ0v) is 15.5. The zero-order chi connectivity index (χ0) is 18.8. The Morgan fingerprint density at radius 3 is 2.33 bits per heavy atom. The van der Waals surface area contributed by atoms with Crippen LogP contribution in [0.3, 0.4) is 0 Å². The predicted octanol–water partition coefficient (Wildman–Crippen LogP) is 2.75. The van der Waals surface area contributed by atoms with Crippen LogP contribution in [0.1, 0.15) is 44.6 Å². The summed E-state index contributed by atoms with van der Waals surface area (Å²) in [6, 6.07) is 6.74. The molecule has 5 fully saturated rings. The first-order valence-corrected chi connectivity index (χ1v) is 9.97. The Bertz CT molecular complexity index is 808. The standard InChI is InChI=1S/C21H25N3O3/c1-21(19(26)23-20(27)24-21)15-3-2-4-16(10-15)22-18(25)17-13-6-11-5-12(8-13)9-14(17)7-11/h2-4,10-14,17H,5-9H2,1H3,(H,22,25)(H2,23,24,26,27)/t11?,12?,13?,14?,17?,21-/m0/s1. The van der Waals surface area contributed by atoms with Crippen LogP contribution in [-0.2, 0) is 15.1 Å². The smallest absolute Gasteiger partial charge is 0.322 e. The van der Waals surface area contributed by atoms with Gasteiger partial charge in [-0.25, -0.2) is 4.79 Å². The normalized spacial score (nSPS) is 39.2. The van der Waals surface area contributed by atoms with E-state index in [1.165, 1.54) is 32.1 Å². The molecule has 0 aromatic heterocycles. The summed E-state index contributed by atoms with van der Waals surface area (Å²) in [6.07, 6.45) is 6.19. The van der Waals surface area contributed by atoms with E-state index in [9.17, 15) is 14.4 Å². The van der Waals surface area contributed by atoms with Gasteiger partial charge in [-0.05, 0) is 80.4 Å². The topological polar surface area (TPSA) is 87.3 Å². The van der Waals surface area contributed by atoms with Crippen LogP contribution in [0.15, 0.2) is 24.3 Å². The number of rotatable bonds is 3. The third-order valence-corrected chi connectivity index (χ3v) is 7.28. The number of carbonyl (C=O) groups excluding carboxylic acids is 3. The Morgan fingerprint density at radius 2 is 1.74 bits per heavy atom.